The van der Waals surface area contributed by atoms with Crippen molar-refractivity contribution >= 4 is 27.5 Å². The molecule has 0 saturated heterocycles. The van der Waals surface area contributed by atoms with Gasteiger partial charge in [0, 0.05) is 0 Å². The fraction of sp³-hybridized carbons (Fsp3) is 0.571. The molecule has 3 rings (SSSR count). The van der Waals surface area contributed by atoms with Crippen molar-refractivity contribution in [2.45, 2.75) is 31.7 Å². The van der Waals surface area contributed by atoms with E-state index in [2.05, 4.69) is 26.2 Å². The fourth-order valence-electron chi connectivity index (χ4n) is 2.78. The van der Waals surface area contributed by atoms with E-state index in [-0.39, 0.29) is 11.9 Å². The van der Waals surface area contributed by atoms with Crippen LogP contribution in [0.5, 0.6) is 0 Å². The molecule has 2 aliphatic carbocycles. The molecule has 1 aromatic heterocycles. The second kappa shape index (κ2) is 5.21. The highest BCUT2D eigenvalue weighted by atomic mass is 79.9. The molecule has 2 fully saturated rings. The van der Waals surface area contributed by atoms with Gasteiger partial charge in [-0.1, -0.05) is 0 Å². The normalized spacial score (nSPS) is 20.4. The molecular formula is C14H18BrN3O. The second-order valence-electron chi connectivity index (χ2n) is 5.64. The number of hydrogen-bond acceptors (Lipinski definition) is 3. The smallest absolute Gasteiger partial charge is 0.241 e. The zero-order valence-corrected chi connectivity index (χ0v) is 12.3. The van der Waals surface area contributed by atoms with Gasteiger partial charge in [0.1, 0.15) is 4.60 Å². The van der Waals surface area contributed by atoms with Crippen LogP contribution in [0, 0.1) is 17.8 Å². The topological polar surface area (TPSA) is 68.0 Å². The maximum Gasteiger partial charge on any atom is 0.241 e. The van der Waals surface area contributed by atoms with E-state index in [4.69, 9.17) is 5.73 Å². The lowest BCUT2D eigenvalue weighted by Crippen LogP contribution is -2.43. The first kappa shape index (κ1) is 13.1. The minimum atomic E-state index is -0.386. The summed E-state index contributed by atoms with van der Waals surface area (Å²) in [7, 11) is 0. The lowest BCUT2D eigenvalue weighted by molar-refractivity contribution is -0.118. The predicted molar refractivity (Wildman–Crippen MR) is 77.5 cm³/mol. The Kier molecular flexibility index (Phi) is 3.58. The molecule has 1 amide bonds. The summed E-state index contributed by atoms with van der Waals surface area (Å²) in [6, 6.07) is 3.24. The molecule has 1 aromatic rings. The summed E-state index contributed by atoms with van der Waals surface area (Å²) in [5, 5.41) is 2.87. The van der Waals surface area contributed by atoms with Crippen molar-refractivity contribution in [3.8, 4) is 0 Å². The van der Waals surface area contributed by atoms with Crippen molar-refractivity contribution in [1.82, 2.24) is 4.98 Å². The molecule has 0 aromatic carbocycles. The van der Waals surface area contributed by atoms with Crippen molar-refractivity contribution in [3.05, 3.63) is 22.9 Å². The lowest BCUT2D eigenvalue weighted by atomic mass is 9.89. The van der Waals surface area contributed by atoms with Crippen LogP contribution in [0.3, 0.4) is 0 Å². The Hall–Kier alpha value is -0.940. The summed E-state index contributed by atoms with van der Waals surface area (Å²) < 4.78 is 0.753. The monoisotopic (exact) mass is 323 g/mol. The summed E-state index contributed by atoms with van der Waals surface area (Å²) in [6.07, 6.45) is 6.59. The van der Waals surface area contributed by atoms with Crippen LogP contribution in [0.4, 0.5) is 5.69 Å². The van der Waals surface area contributed by atoms with E-state index in [0.29, 0.717) is 23.4 Å². The fourth-order valence-corrected chi connectivity index (χ4v) is 3.02. The molecule has 0 radical (unpaired) electrons. The van der Waals surface area contributed by atoms with Crippen LogP contribution in [-0.2, 0) is 4.79 Å². The number of carbonyl (C=O) groups is 1. The van der Waals surface area contributed by atoms with Gasteiger partial charge in [-0.2, -0.15) is 0 Å². The SMILES string of the molecule is N[C@H](C(=O)Nc1ccc(Br)nc1)C(C1CC1)C1CC1. The summed E-state index contributed by atoms with van der Waals surface area (Å²) in [6.45, 7) is 0. The number of amides is 1. The predicted octanol–water partition coefficient (Wildman–Crippen LogP) is 2.55. The zero-order valence-electron chi connectivity index (χ0n) is 10.7. The first-order valence-corrected chi connectivity index (χ1v) is 7.62. The van der Waals surface area contributed by atoms with Crippen LogP contribution in [0.2, 0.25) is 0 Å². The second-order valence-corrected chi connectivity index (χ2v) is 6.45. The third-order valence-corrected chi connectivity index (χ3v) is 4.51. The summed E-state index contributed by atoms with van der Waals surface area (Å²) in [5.74, 6) is 1.66. The number of hydrogen-bond donors (Lipinski definition) is 2. The van der Waals surface area contributed by atoms with Crippen molar-refractivity contribution < 1.29 is 4.79 Å². The van der Waals surface area contributed by atoms with Gasteiger partial charge < -0.3 is 11.1 Å². The van der Waals surface area contributed by atoms with Gasteiger partial charge in [-0.15, -0.1) is 0 Å². The molecule has 4 nitrogen and oxygen atoms in total. The molecule has 19 heavy (non-hydrogen) atoms. The van der Waals surface area contributed by atoms with Crippen molar-refractivity contribution in [1.29, 1.82) is 0 Å². The highest BCUT2D eigenvalue weighted by Gasteiger charge is 2.46. The van der Waals surface area contributed by atoms with Gasteiger partial charge in [0.05, 0.1) is 17.9 Å². The third kappa shape index (κ3) is 3.15. The lowest BCUT2D eigenvalue weighted by Gasteiger charge is -2.22. The van der Waals surface area contributed by atoms with Gasteiger partial charge >= 0.3 is 0 Å². The van der Waals surface area contributed by atoms with Crippen LogP contribution in [0.25, 0.3) is 0 Å². The minimum Gasteiger partial charge on any atom is -0.323 e. The Labute approximate surface area is 121 Å². The van der Waals surface area contributed by atoms with E-state index >= 15 is 0 Å². The summed E-state index contributed by atoms with van der Waals surface area (Å²) in [5.41, 5.74) is 6.88. The number of halogens is 1. The molecule has 0 aliphatic heterocycles. The largest absolute Gasteiger partial charge is 0.323 e. The van der Waals surface area contributed by atoms with E-state index < -0.39 is 0 Å². The number of carbonyl (C=O) groups excluding carboxylic acids is 1. The van der Waals surface area contributed by atoms with Gasteiger partial charge in [0.2, 0.25) is 5.91 Å². The molecule has 2 saturated carbocycles. The standard InChI is InChI=1S/C14H18BrN3O/c15-11-6-5-10(7-17-11)18-14(19)13(16)12(8-1-2-8)9-3-4-9/h5-9,12-13H,1-4,16H2,(H,18,19)/t13-/m0/s1. The zero-order chi connectivity index (χ0) is 13.4. The number of nitrogens with zero attached hydrogens (tertiary/aromatic N) is 1. The van der Waals surface area contributed by atoms with Gasteiger partial charge in [-0.05, 0) is 71.5 Å². The van der Waals surface area contributed by atoms with Crippen LogP contribution < -0.4 is 11.1 Å². The molecule has 1 heterocycles. The molecule has 102 valence electrons. The molecule has 0 unspecified atom stereocenters. The number of aromatic nitrogens is 1. The number of rotatable bonds is 5. The Morgan fingerprint density at radius 3 is 2.42 bits per heavy atom. The van der Waals surface area contributed by atoms with Crippen molar-refractivity contribution in [2.24, 2.45) is 23.5 Å². The van der Waals surface area contributed by atoms with E-state index in [1.165, 1.54) is 25.7 Å². The Morgan fingerprint density at radius 2 is 1.95 bits per heavy atom. The minimum absolute atomic E-state index is 0.0760. The average Bonchev–Trinajstić information content (AvgIpc) is 3.25. The molecular weight excluding hydrogens is 306 g/mol. The van der Waals surface area contributed by atoms with Crippen LogP contribution in [0.1, 0.15) is 25.7 Å². The highest BCUT2D eigenvalue weighted by molar-refractivity contribution is 9.10. The van der Waals surface area contributed by atoms with E-state index in [1.54, 1.807) is 12.3 Å². The molecule has 0 spiro atoms. The first-order valence-electron chi connectivity index (χ1n) is 6.83. The first-order chi connectivity index (χ1) is 9.15. The van der Waals surface area contributed by atoms with Gasteiger partial charge in [0.15, 0.2) is 0 Å². The van der Waals surface area contributed by atoms with E-state index in [0.717, 1.165) is 4.60 Å². The average molecular weight is 324 g/mol. The van der Waals surface area contributed by atoms with Crippen molar-refractivity contribution in [3.63, 3.8) is 0 Å². The molecule has 1 atom stereocenters. The highest BCUT2D eigenvalue weighted by Crippen LogP contribution is 2.50. The Morgan fingerprint density at radius 1 is 1.32 bits per heavy atom. The van der Waals surface area contributed by atoms with E-state index in [1.807, 2.05) is 6.07 Å². The number of nitrogens with two attached hydrogens (primary N) is 1. The quantitative estimate of drug-likeness (QED) is 0.818. The molecule has 2 aliphatic rings. The Bertz CT molecular complexity index is 456. The Balaban J connectivity index is 1.63. The summed E-state index contributed by atoms with van der Waals surface area (Å²) >= 11 is 3.27. The van der Waals surface area contributed by atoms with Gasteiger partial charge in [-0.3, -0.25) is 4.79 Å². The maximum absolute atomic E-state index is 12.2. The third-order valence-electron chi connectivity index (χ3n) is 4.05. The van der Waals surface area contributed by atoms with Crippen molar-refractivity contribution in [2.75, 3.05) is 5.32 Å². The molecule has 3 N–H and O–H groups in total. The number of nitrogens with one attached hydrogen (secondary N) is 1. The van der Waals surface area contributed by atoms with Gasteiger partial charge in [-0.25, -0.2) is 4.98 Å². The maximum atomic E-state index is 12.2. The molecule has 0 bridgehead atoms. The van der Waals surface area contributed by atoms with Gasteiger partial charge in [0.25, 0.3) is 0 Å². The summed E-state index contributed by atoms with van der Waals surface area (Å²) in [4.78, 5) is 16.3. The number of pyridine rings is 1. The number of anilines is 1. The van der Waals surface area contributed by atoms with Crippen LogP contribution in [-0.4, -0.2) is 16.9 Å². The van der Waals surface area contributed by atoms with E-state index in [9.17, 15) is 4.79 Å². The van der Waals surface area contributed by atoms with Crippen LogP contribution >= 0.6 is 15.9 Å². The molecule has 5 heteroatoms. The van der Waals surface area contributed by atoms with Crippen LogP contribution in [0.15, 0.2) is 22.9 Å².